The van der Waals surface area contributed by atoms with Crippen LogP contribution >= 0.6 is 0 Å². The monoisotopic (exact) mass is 516 g/mol. The van der Waals surface area contributed by atoms with Crippen molar-refractivity contribution in [2.24, 2.45) is 33.8 Å². The number of unbranched alkanes of at least 4 members (excludes halogenated alkanes) is 1. The first kappa shape index (κ1) is 32.5. The van der Waals surface area contributed by atoms with Gasteiger partial charge in [0, 0.05) is 6.54 Å². The topological polar surface area (TPSA) is 278 Å². The summed E-state index contributed by atoms with van der Waals surface area (Å²) in [5.74, 6) is -5.67. The Hall–Kier alpha value is -3.46. The Balaban J connectivity index is 5.51. The number of aliphatic carboxylic acids is 2. The van der Waals surface area contributed by atoms with E-state index in [1.165, 1.54) is 0 Å². The van der Waals surface area contributed by atoms with Gasteiger partial charge in [0.25, 0.3) is 0 Å². The molecule has 13 N–H and O–H groups in total. The molecule has 206 valence electrons. The standard InChI is InChI=1S/C21H40N8O7/c1-11(2)16(29-17(32)12(23)6-3-4-8-22)19(34)27-13(7-5-9-26-21(24)25)18(33)28-14(20(35)36)10-15(30)31/h11-14,16H,3-10,22-23H2,1-2H3,(H,27,34)(H,28,33)(H,29,32)(H,30,31)(H,35,36)(H4,24,25,26). The van der Waals surface area contributed by atoms with Crippen LogP contribution < -0.4 is 38.9 Å². The molecule has 0 aromatic carbocycles. The minimum absolute atomic E-state index is 0.00509. The summed E-state index contributed by atoms with van der Waals surface area (Å²) < 4.78 is 0. The number of amides is 3. The number of nitrogens with one attached hydrogen (secondary N) is 3. The molecule has 0 saturated heterocycles. The van der Waals surface area contributed by atoms with Crippen LogP contribution in [0.25, 0.3) is 0 Å². The van der Waals surface area contributed by atoms with Gasteiger partial charge in [-0.15, -0.1) is 0 Å². The van der Waals surface area contributed by atoms with Crippen molar-refractivity contribution in [1.29, 1.82) is 0 Å². The number of carbonyl (C=O) groups is 5. The second-order valence-corrected chi connectivity index (χ2v) is 8.63. The van der Waals surface area contributed by atoms with Crippen LogP contribution in [0.3, 0.4) is 0 Å². The zero-order chi connectivity index (χ0) is 27.8. The Bertz CT molecular complexity index is 786. The quantitative estimate of drug-likeness (QED) is 0.0508. The van der Waals surface area contributed by atoms with Crippen molar-refractivity contribution < 1.29 is 34.2 Å². The van der Waals surface area contributed by atoms with E-state index in [1.807, 2.05) is 0 Å². The van der Waals surface area contributed by atoms with Gasteiger partial charge in [-0.3, -0.25) is 24.2 Å². The van der Waals surface area contributed by atoms with E-state index in [0.717, 1.165) is 0 Å². The second-order valence-electron chi connectivity index (χ2n) is 8.63. The molecule has 0 saturated carbocycles. The molecule has 0 aliphatic heterocycles. The number of carboxylic acid groups (broad SMARTS) is 2. The molecule has 4 unspecified atom stereocenters. The lowest BCUT2D eigenvalue weighted by atomic mass is 10.0. The zero-order valence-corrected chi connectivity index (χ0v) is 20.7. The van der Waals surface area contributed by atoms with Crippen molar-refractivity contribution in [2.45, 2.75) is 76.5 Å². The van der Waals surface area contributed by atoms with Crippen LogP contribution in [0.4, 0.5) is 0 Å². The van der Waals surface area contributed by atoms with Crippen LogP contribution in [-0.2, 0) is 24.0 Å². The van der Waals surface area contributed by atoms with Crippen LogP contribution in [0.15, 0.2) is 4.99 Å². The summed E-state index contributed by atoms with van der Waals surface area (Å²) in [6.45, 7) is 3.96. The molecule has 0 heterocycles. The number of nitrogens with zero attached hydrogens (tertiary/aromatic N) is 1. The summed E-state index contributed by atoms with van der Waals surface area (Å²) in [5.41, 5.74) is 21.9. The average Bonchev–Trinajstić information content (AvgIpc) is 2.77. The lowest BCUT2D eigenvalue weighted by molar-refractivity contribution is -0.147. The first-order chi connectivity index (χ1) is 16.8. The molecule has 15 heteroatoms. The second kappa shape index (κ2) is 17.0. The van der Waals surface area contributed by atoms with Gasteiger partial charge < -0.3 is 49.1 Å². The Kier molecular flexibility index (Phi) is 15.4. The molecule has 0 aromatic rings. The Labute approximate surface area is 209 Å². The Morgan fingerprint density at radius 3 is 1.94 bits per heavy atom. The molecule has 15 nitrogen and oxygen atoms in total. The first-order valence-electron chi connectivity index (χ1n) is 11.7. The maximum atomic E-state index is 13.0. The molecule has 0 fully saturated rings. The predicted molar refractivity (Wildman–Crippen MR) is 131 cm³/mol. The highest BCUT2D eigenvalue weighted by Crippen LogP contribution is 2.07. The molecule has 36 heavy (non-hydrogen) atoms. The molecule has 0 aliphatic rings. The van der Waals surface area contributed by atoms with Crippen molar-refractivity contribution in [3.05, 3.63) is 0 Å². The van der Waals surface area contributed by atoms with E-state index in [9.17, 15) is 29.1 Å². The third-order valence-corrected chi connectivity index (χ3v) is 5.12. The Morgan fingerprint density at radius 2 is 1.44 bits per heavy atom. The number of carbonyl (C=O) groups excluding carboxylic acids is 3. The zero-order valence-electron chi connectivity index (χ0n) is 20.7. The summed E-state index contributed by atoms with van der Waals surface area (Å²) in [4.78, 5) is 64.4. The third-order valence-electron chi connectivity index (χ3n) is 5.12. The van der Waals surface area contributed by atoms with Gasteiger partial charge in [-0.25, -0.2) is 4.79 Å². The predicted octanol–water partition coefficient (Wildman–Crippen LogP) is -2.83. The van der Waals surface area contributed by atoms with Crippen molar-refractivity contribution >= 4 is 35.6 Å². The maximum absolute atomic E-state index is 13.0. The highest BCUT2D eigenvalue weighted by Gasteiger charge is 2.32. The molecule has 4 atom stereocenters. The maximum Gasteiger partial charge on any atom is 0.326 e. The normalized spacial score (nSPS) is 14.1. The molecule has 0 bridgehead atoms. The minimum atomic E-state index is -1.71. The summed E-state index contributed by atoms with van der Waals surface area (Å²) in [6.07, 6.45) is 1.10. The number of rotatable bonds is 18. The molecular weight excluding hydrogens is 476 g/mol. The van der Waals surface area contributed by atoms with Gasteiger partial charge in [0.2, 0.25) is 17.7 Å². The number of hydrogen-bond acceptors (Lipinski definition) is 8. The third kappa shape index (κ3) is 13.4. The van der Waals surface area contributed by atoms with Crippen molar-refractivity contribution in [3.8, 4) is 0 Å². The molecule has 0 aromatic heterocycles. The number of aliphatic imine (C=N–C) groups is 1. The number of guanidine groups is 1. The van der Waals surface area contributed by atoms with Crippen LogP contribution in [0.2, 0.25) is 0 Å². The molecule has 3 amide bonds. The van der Waals surface area contributed by atoms with Crippen LogP contribution in [0, 0.1) is 5.92 Å². The lowest BCUT2D eigenvalue weighted by Gasteiger charge is -2.27. The number of nitrogens with two attached hydrogens (primary N) is 4. The summed E-state index contributed by atoms with van der Waals surface area (Å²) >= 11 is 0. The van der Waals surface area contributed by atoms with E-state index >= 15 is 0 Å². The SMILES string of the molecule is CC(C)C(NC(=O)C(N)CCCCN)C(=O)NC(CCCN=C(N)N)C(=O)NC(CC(=O)O)C(=O)O. The molecule has 0 radical (unpaired) electrons. The van der Waals surface area contributed by atoms with Gasteiger partial charge in [-0.05, 0) is 38.1 Å². The fourth-order valence-electron chi connectivity index (χ4n) is 3.12. The smallest absolute Gasteiger partial charge is 0.326 e. The van der Waals surface area contributed by atoms with Crippen LogP contribution in [0.1, 0.15) is 52.4 Å². The Morgan fingerprint density at radius 1 is 0.833 bits per heavy atom. The fourth-order valence-corrected chi connectivity index (χ4v) is 3.12. The lowest BCUT2D eigenvalue weighted by Crippen LogP contribution is -2.58. The van der Waals surface area contributed by atoms with Crippen LogP contribution in [-0.4, -0.2) is 83.1 Å². The van der Waals surface area contributed by atoms with Crippen molar-refractivity contribution in [1.82, 2.24) is 16.0 Å². The average molecular weight is 517 g/mol. The number of carboxylic acids is 2. The van der Waals surface area contributed by atoms with Crippen LogP contribution in [0.5, 0.6) is 0 Å². The van der Waals surface area contributed by atoms with E-state index < -0.39 is 60.2 Å². The van der Waals surface area contributed by atoms with E-state index in [4.69, 9.17) is 28.0 Å². The van der Waals surface area contributed by atoms with Gasteiger partial charge in [0.1, 0.15) is 18.1 Å². The van der Waals surface area contributed by atoms with Gasteiger partial charge in [-0.2, -0.15) is 0 Å². The van der Waals surface area contributed by atoms with Crippen molar-refractivity contribution in [3.63, 3.8) is 0 Å². The van der Waals surface area contributed by atoms with E-state index in [-0.39, 0.29) is 31.3 Å². The highest BCUT2D eigenvalue weighted by atomic mass is 16.4. The van der Waals surface area contributed by atoms with Gasteiger partial charge in [0.05, 0.1) is 12.5 Å². The van der Waals surface area contributed by atoms with Gasteiger partial charge in [0.15, 0.2) is 5.96 Å². The van der Waals surface area contributed by atoms with Gasteiger partial charge in [-0.1, -0.05) is 20.3 Å². The minimum Gasteiger partial charge on any atom is -0.481 e. The van der Waals surface area contributed by atoms with Crippen molar-refractivity contribution in [2.75, 3.05) is 13.1 Å². The van der Waals surface area contributed by atoms with Gasteiger partial charge >= 0.3 is 11.9 Å². The first-order valence-corrected chi connectivity index (χ1v) is 11.7. The van der Waals surface area contributed by atoms with E-state index in [1.54, 1.807) is 13.8 Å². The fraction of sp³-hybridized carbons (Fsp3) is 0.714. The molecular formula is C21H40N8O7. The largest absolute Gasteiger partial charge is 0.481 e. The summed E-state index contributed by atoms with van der Waals surface area (Å²) in [6, 6.07) is -4.85. The number of hydrogen-bond donors (Lipinski definition) is 9. The molecule has 0 rings (SSSR count). The van der Waals surface area contributed by atoms with E-state index in [0.29, 0.717) is 25.8 Å². The highest BCUT2D eigenvalue weighted by molar-refractivity contribution is 5.94. The summed E-state index contributed by atoms with van der Waals surface area (Å²) in [7, 11) is 0. The summed E-state index contributed by atoms with van der Waals surface area (Å²) in [5, 5.41) is 25.3. The van der Waals surface area contributed by atoms with E-state index in [2.05, 4.69) is 20.9 Å². The molecule has 0 aliphatic carbocycles. The molecule has 0 spiro atoms.